The molecule has 0 aliphatic carbocycles. The number of amides is 2. The van der Waals surface area contributed by atoms with Gasteiger partial charge in [-0.25, -0.2) is 4.79 Å². The molecule has 0 bridgehead atoms. The van der Waals surface area contributed by atoms with Gasteiger partial charge >= 0.3 is 6.03 Å². The summed E-state index contributed by atoms with van der Waals surface area (Å²) in [7, 11) is 1.89. The lowest BCUT2D eigenvalue weighted by Crippen LogP contribution is -2.29. The first-order valence-electron chi connectivity index (χ1n) is 6.46. The van der Waals surface area contributed by atoms with Crippen molar-refractivity contribution in [3.63, 3.8) is 0 Å². The third-order valence-electron chi connectivity index (χ3n) is 3.20. The number of nitrogens with zero attached hydrogens (tertiary/aromatic N) is 1. The maximum atomic E-state index is 11.9. The number of urea groups is 1. The molecule has 0 spiro atoms. The Morgan fingerprint density at radius 1 is 1.39 bits per heavy atom. The van der Waals surface area contributed by atoms with Crippen molar-refractivity contribution in [1.29, 1.82) is 0 Å². The number of anilines is 2. The van der Waals surface area contributed by atoms with Crippen LogP contribution in [0.5, 0.6) is 0 Å². The summed E-state index contributed by atoms with van der Waals surface area (Å²) < 4.78 is 0. The van der Waals surface area contributed by atoms with E-state index in [2.05, 4.69) is 24.5 Å². The second kappa shape index (κ2) is 5.29. The molecule has 1 heterocycles. The number of hydrogen-bond acceptors (Lipinski definition) is 2. The molecule has 0 saturated carbocycles. The smallest absolute Gasteiger partial charge is 0.322 e. The molecular formula is C14H21N3O. The van der Waals surface area contributed by atoms with Crippen LogP contribution >= 0.6 is 0 Å². The number of carbonyl (C=O) groups is 1. The Balaban J connectivity index is 2.06. The van der Waals surface area contributed by atoms with Crippen LogP contribution in [-0.4, -0.2) is 25.7 Å². The average Bonchev–Trinajstić information content (AvgIpc) is 2.69. The first kappa shape index (κ1) is 12.7. The molecule has 4 heteroatoms. The summed E-state index contributed by atoms with van der Waals surface area (Å²) in [6, 6.07) is 8.20. The van der Waals surface area contributed by atoms with Gasteiger partial charge in [0.15, 0.2) is 0 Å². The molecule has 1 aliphatic heterocycles. The number of carbonyl (C=O) groups excluding carboxylic acids is 1. The topological polar surface area (TPSA) is 44.4 Å². The van der Waals surface area contributed by atoms with Gasteiger partial charge in [0.1, 0.15) is 0 Å². The van der Waals surface area contributed by atoms with Crippen LogP contribution in [0.3, 0.4) is 0 Å². The molecule has 2 rings (SSSR count). The zero-order valence-corrected chi connectivity index (χ0v) is 11.2. The molecule has 0 radical (unpaired) electrons. The van der Waals surface area contributed by atoms with Crippen molar-refractivity contribution in [3.8, 4) is 0 Å². The third-order valence-corrected chi connectivity index (χ3v) is 3.20. The Morgan fingerprint density at radius 2 is 2.06 bits per heavy atom. The van der Waals surface area contributed by atoms with Gasteiger partial charge in [0, 0.05) is 31.0 Å². The Kier molecular flexibility index (Phi) is 3.75. The molecule has 18 heavy (non-hydrogen) atoms. The van der Waals surface area contributed by atoms with Crippen molar-refractivity contribution in [2.45, 2.75) is 26.3 Å². The second-order valence-electron chi connectivity index (χ2n) is 5.18. The largest absolute Gasteiger partial charge is 0.388 e. The van der Waals surface area contributed by atoms with E-state index in [1.54, 1.807) is 0 Å². The second-order valence-corrected chi connectivity index (χ2v) is 5.18. The van der Waals surface area contributed by atoms with E-state index in [1.807, 2.05) is 36.2 Å². The van der Waals surface area contributed by atoms with Crippen molar-refractivity contribution in [2.24, 2.45) is 5.92 Å². The molecule has 1 aromatic rings. The van der Waals surface area contributed by atoms with Crippen LogP contribution in [0.15, 0.2) is 24.3 Å². The molecule has 98 valence electrons. The van der Waals surface area contributed by atoms with Crippen LogP contribution in [0.4, 0.5) is 16.2 Å². The summed E-state index contributed by atoms with van der Waals surface area (Å²) in [5, 5.41) is 6.11. The quantitative estimate of drug-likeness (QED) is 0.859. The van der Waals surface area contributed by atoms with Crippen LogP contribution in [0.25, 0.3) is 0 Å². The van der Waals surface area contributed by atoms with E-state index in [4.69, 9.17) is 0 Å². The lowest BCUT2D eigenvalue weighted by atomic mass is 10.0. The lowest BCUT2D eigenvalue weighted by molar-refractivity contribution is 0.250. The van der Waals surface area contributed by atoms with Gasteiger partial charge < -0.3 is 10.6 Å². The number of hydrogen-bond donors (Lipinski definition) is 2. The molecule has 1 unspecified atom stereocenters. The molecule has 2 N–H and O–H groups in total. The van der Waals surface area contributed by atoms with Gasteiger partial charge in [-0.3, -0.25) is 4.90 Å². The fourth-order valence-electron chi connectivity index (χ4n) is 2.33. The minimum Gasteiger partial charge on any atom is -0.388 e. The van der Waals surface area contributed by atoms with E-state index in [9.17, 15) is 4.79 Å². The van der Waals surface area contributed by atoms with E-state index in [-0.39, 0.29) is 12.1 Å². The Bertz CT molecular complexity index is 414. The van der Waals surface area contributed by atoms with E-state index >= 15 is 0 Å². The minimum atomic E-state index is 0.0119. The predicted octanol–water partition coefficient (Wildman–Crippen LogP) is 2.67. The maximum absolute atomic E-state index is 11.9. The monoisotopic (exact) mass is 247 g/mol. The van der Waals surface area contributed by atoms with Crippen LogP contribution in [-0.2, 0) is 0 Å². The van der Waals surface area contributed by atoms with Crippen molar-refractivity contribution >= 4 is 17.4 Å². The van der Waals surface area contributed by atoms with Gasteiger partial charge in [-0.2, -0.15) is 0 Å². The van der Waals surface area contributed by atoms with Gasteiger partial charge in [-0.05, 0) is 36.6 Å². The fourth-order valence-corrected chi connectivity index (χ4v) is 2.33. The minimum absolute atomic E-state index is 0.0119. The van der Waals surface area contributed by atoms with Crippen LogP contribution in [0.2, 0.25) is 0 Å². The van der Waals surface area contributed by atoms with Gasteiger partial charge in [0.25, 0.3) is 0 Å². The highest BCUT2D eigenvalue weighted by Gasteiger charge is 2.29. The van der Waals surface area contributed by atoms with E-state index in [0.717, 1.165) is 24.3 Å². The van der Waals surface area contributed by atoms with Crippen molar-refractivity contribution in [1.82, 2.24) is 5.32 Å². The van der Waals surface area contributed by atoms with Crippen molar-refractivity contribution < 1.29 is 4.79 Å². The van der Waals surface area contributed by atoms with Crippen LogP contribution < -0.4 is 15.5 Å². The standard InChI is InChI=1S/C14H21N3O/c1-10(2)8-12-9-17(14(18)16-12)13-6-4-11(15-3)5-7-13/h4-7,10,12,15H,8-9H2,1-3H3,(H,16,18). The Labute approximate surface area is 108 Å². The predicted molar refractivity (Wildman–Crippen MR) is 75.1 cm³/mol. The zero-order chi connectivity index (χ0) is 13.1. The van der Waals surface area contributed by atoms with Gasteiger partial charge in [0.05, 0.1) is 0 Å². The van der Waals surface area contributed by atoms with Gasteiger partial charge in [-0.15, -0.1) is 0 Å². The first-order chi connectivity index (χ1) is 8.60. The normalized spacial score (nSPS) is 19.2. The fraction of sp³-hybridized carbons (Fsp3) is 0.500. The van der Waals surface area contributed by atoms with E-state index < -0.39 is 0 Å². The Morgan fingerprint density at radius 3 is 2.61 bits per heavy atom. The summed E-state index contributed by atoms with van der Waals surface area (Å²) in [5.41, 5.74) is 2.01. The molecular weight excluding hydrogens is 226 g/mol. The summed E-state index contributed by atoms with van der Waals surface area (Å²) in [5.74, 6) is 0.599. The SMILES string of the molecule is CNc1ccc(N2CC(CC(C)C)NC2=O)cc1. The van der Waals surface area contributed by atoms with Crippen molar-refractivity contribution in [3.05, 3.63) is 24.3 Å². The molecule has 1 atom stereocenters. The molecule has 1 saturated heterocycles. The van der Waals surface area contributed by atoms with Crippen molar-refractivity contribution in [2.75, 3.05) is 23.8 Å². The highest BCUT2D eigenvalue weighted by atomic mass is 16.2. The number of benzene rings is 1. The lowest BCUT2D eigenvalue weighted by Gasteiger charge is -2.16. The van der Waals surface area contributed by atoms with E-state index in [0.29, 0.717) is 5.92 Å². The molecule has 2 amide bonds. The molecule has 1 aliphatic rings. The van der Waals surface area contributed by atoms with Crippen LogP contribution in [0.1, 0.15) is 20.3 Å². The summed E-state index contributed by atoms with van der Waals surface area (Å²) >= 11 is 0. The highest BCUT2D eigenvalue weighted by molar-refractivity contribution is 5.94. The first-order valence-corrected chi connectivity index (χ1v) is 6.46. The average molecular weight is 247 g/mol. The van der Waals surface area contributed by atoms with Crippen LogP contribution in [0, 0.1) is 5.92 Å². The van der Waals surface area contributed by atoms with Gasteiger partial charge in [-0.1, -0.05) is 13.8 Å². The molecule has 1 fully saturated rings. The number of nitrogens with one attached hydrogen (secondary N) is 2. The highest BCUT2D eigenvalue weighted by Crippen LogP contribution is 2.22. The molecule has 4 nitrogen and oxygen atoms in total. The Hall–Kier alpha value is -1.71. The summed E-state index contributed by atoms with van der Waals surface area (Å²) in [6.07, 6.45) is 1.02. The summed E-state index contributed by atoms with van der Waals surface area (Å²) in [4.78, 5) is 13.7. The molecule has 1 aromatic carbocycles. The van der Waals surface area contributed by atoms with E-state index in [1.165, 1.54) is 0 Å². The summed E-state index contributed by atoms with van der Waals surface area (Å²) in [6.45, 7) is 5.11. The zero-order valence-electron chi connectivity index (χ0n) is 11.2. The van der Waals surface area contributed by atoms with Gasteiger partial charge in [0.2, 0.25) is 0 Å². The maximum Gasteiger partial charge on any atom is 0.322 e. The third kappa shape index (κ3) is 2.75. The number of rotatable bonds is 4. The molecule has 0 aromatic heterocycles.